The van der Waals surface area contributed by atoms with Crippen LogP contribution in [0, 0.1) is 12.8 Å². The zero-order chi connectivity index (χ0) is 15.9. The average Bonchev–Trinajstić information content (AvgIpc) is 2.52. The van der Waals surface area contributed by atoms with Crippen molar-refractivity contribution in [2.45, 2.75) is 45.1 Å². The summed E-state index contributed by atoms with van der Waals surface area (Å²) in [6, 6.07) is 8.19. The predicted molar refractivity (Wildman–Crippen MR) is 96.1 cm³/mol. The lowest BCUT2D eigenvalue weighted by molar-refractivity contribution is -0.135. The summed E-state index contributed by atoms with van der Waals surface area (Å²) in [6.45, 7) is 3.40. The van der Waals surface area contributed by atoms with Gasteiger partial charge in [0.15, 0.2) is 0 Å². The fraction of sp³-hybridized carbons (Fsp3) is 0.611. The minimum absolute atomic E-state index is 0. The van der Waals surface area contributed by atoms with E-state index < -0.39 is 0 Å². The van der Waals surface area contributed by atoms with Crippen molar-refractivity contribution >= 4 is 18.3 Å². The lowest BCUT2D eigenvalue weighted by atomic mass is 9.85. The summed E-state index contributed by atoms with van der Waals surface area (Å²) in [6.07, 6.45) is 4.79. The Kier molecular flexibility index (Phi) is 8.42. The molecule has 1 saturated carbocycles. The van der Waals surface area contributed by atoms with E-state index in [9.17, 15) is 4.79 Å². The van der Waals surface area contributed by atoms with Crippen molar-refractivity contribution in [2.24, 2.45) is 11.7 Å². The van der Waals surface area contributed by atoms with Crippen LogP contribution in [-0.4, -0.2) is 37.0 Å². The highest BCUT2D eigenvalue weighted by molar-refractivity contribution is 5.85. The van der Waals surface area contributed by atoms with E-state index in [1.165, 1.54) is 0 Å². The largest absolute Gasteiger partial charge is 0.493 e. The number of benzene rings is 1. The van der Waals surface area contributed by atoms with Crippen LogP contribution >= 0.6 is 12.4 Å². The smallest absolute Gasteiger partial charge is 0.225 e. The molecule has 130 valence electrons. The van der Waals surface area contributed by atoms with Gasteiger partial charge in [-0.1, -0.05) is 24.6 Å². The van der Waals surface area contributed by atoms with Crippen molar-refractivity contribution in [1.29, 1.82) is 0 Å². The number of nitrogens with two attached hydrogens (primary N) is 1. The molecule has 0 radical (unpaired) electrons. The zero-order valence-electron chi connectivity index (χ0n) is 14.2. The molecule has 1 aliphatic carbocycles. The number of halogens is 1. The van der Waals surface area contributed by atoms with E-state index in [0.29, 0.717) is 6.61 Å². The molecule has 0 heterocycles. The van der Waals surface area contributed by atoms with Gasteiger partial charge in [-0.15, -0.1) is 12.4 Å². The van der Waals surface area contributed by atoms with E-state index in [-0.39, 0.29) is 30.3 Å². The Hall–Kier alpha value is -1.26. The number of para-hydroxylation sites is 1. The van der Waals surface area contributed by atoms with Gasteiger partial charge in [-0.05, 0) is 44.2 Å². The number of hydrogen-bond donors (Lipinski definition) is 1. The third kappa shape index (κ3) is 6.04. The van der Waals surface area contributed by atoms with Crippen LogP contribution < -0.4 is 10.5 Å². The monoisotopic (exact) mass is 340 g/mol. The van der Waals surface area contributed by atoms with E-state index in [1.54, 1.807) is 0 Å². The summed E-state index contributed by atoms with van der Waals surface area (Å²) >= 11 is 0. The number of hydrogen-bond acceptors (Lipinski definition) is 3. The lowest BCUT2D eigenvalue weighted by Crippen LogP contribution is -2.39. The van der Waals surface area contributed by atoms with E-state index in [0.717, 1.165) is 50.0 Å². The van der Waals surface area contributed by atoms with Gasteiger partial charge in [-0.25, -0.2) is 0 Å². The van der Waals surface area contributed by atoms with Crippen LogP contribution in [0.15, 0.2) is 24.3 Å². The van der Waals surface area contributed by atoms with E-state index in [4.69, 9.17) is 10.5 Å². The van der Waals surface area contributed by atoms with Crippen molar-refractivity contribution in [2.75, 3.05) is 20.2 Å². The second-order valence-electron chi connectivity index (χ2n) is 6.35. The third-order valence-corrected chi connectivity index (χ3v) is 4.43. The van der Waals surface area contributed by atoms with Gasteiger partial charge in [0.2, 0.25) is 5.91 Å². The third-order valence-electron chi connectivity index (χ3n) is 4.43. The van der Waals surface area contributed by atoms with Crippen LogP contribution in [0.4, 0.5) is 0 Å². The number of ether oxygens (including phenoxy) is 1. The van der Waals surface area contributed by atoms with Crippen LogP contribution in [0.3, 0.4) is 0 Å². The highest BCUT2D eigenvalue weighted by atomic mass is 35.5. The molecule has 0 aromatic heterocycles. The fourth-order valence-corrected chi connectivity index (χ4v) is 3.08. The minimum Gasteiger partial charge on any atom is -0.493 e. The molecule has 0 bridgehead atoms. The molecule has 2 atom stereocenters. The molecule has 1 aromatic rings. The fourth-order valence-electron chi connectivity index (χ4n) is 3.08. The summed E-state index contributed by atoms with van der Waals surface area (Å²) in [5, 5.41) is 0. The summed E-state index contributed by atoms with van der Waals surface area (Å²) in [7, 11) is 1.89. The van der Waals surface area contributed by atoms with Gasteiger partial charge in [0, 0.05) is 25.6 Å². The minimum atomic E-state index is 0. The van der Waals surface area contributed by atoms with Crippen molar-refractivity contribution in [1.82, 2.24) is 4.90 Å². The molecule has 1 aromatic carbocycles. The maximum Gasteiger partial charge on any atom is 0.225 e. The first-order chi connectivity index (χ1) is 10.6. The molecule has 1 aliphatic rings. The number of carbonyl (C=O) groups is 1. The van der Waals surface area contributed by atoms with E-state index >= 15 is 0 Å². The molecule has 1 fully saturated rings. The van der Waals surface area contributed by atoms with Crippen molar-refractivity contribution in [3.63, 3.8) is 0 Å². The van der Waals surface area contributed by atoms with Crippen LogP contribution in [-0.2, 0) is 4.79 Å². The van der Waals surface area contributed by atoms with Crippen molar-refractivity contribution in [3.05, 3.63) is 29.8 Å². The Morgan fingerprint density at radius 2 is 2.09 bits per heavy atom. The Labute approximate surface area is 145 Å². The first-order valence-electron chi connectivity index (χ1n) is 8.27. The lowest BCUT2D eigenvalue weighted by Gasteiger charge is -2.29. The average molecular weight is 341 g/mol. The molecule has 2 unspecified atom stereocenters. The van der Waals surface area contributed by atoms with Crippen LogP contribution in [0.1, 0.15) is 37.7 Å². The molecule has 2 rings (SSSR count). The van der Waals surface area contributed by atoms with Gasteiger partial charge in [-0.2, -0.15) is 0 Å². The highest BCUT2D eigenvalue weighted by Gasteiger charge is 2.27. The molecule has 23 heavy (non-hydrogen) atoms. The maximum absolute atomic E-state index is 12.4. The number of amides is 1. The van der Waals surface area contributed by atoms with Crippen LogP contribution in [0.2, 0.25) is 0 Å². The Bertz CT molecular complexity index is 496. The molecule has 0 saturated heterocycles. The molecule has 2 N–H and O–H groups in total. The number of carbonyl (C=O) groups excluding carboxylic acids is 1. The van der Waals surface area contributed by atoms with Gasteiger partial charge < -0.3 is 15.4 Å². The SMILES string of the molecule is Cc1ccccc1OCCCN(C)C(=O)C1CCCC(N)C1.Cl. The Balaban J connectivity index is 0.00000264. The molecule has 5 heteroatoms. The summed E-state index contributed by atoms with van der Waals surface area (Å²) in [4.78, 5) is 14.2. The first-order valence-corrected chi connectivity index (χ1v) is 8.27. The van der Waals surface area contributed by atoms with Gasteiger partial charge in [0.05, 0.1) is 6.61 Å². The van der Waals surface area contributed by atoms with Crippen LogP contribution in [0.5, 0.6) is 5.75 Å². The number of aryl methyl sites for hydroxylation is 1. The highest BCUT2D eigenvalue weighted by Crippen LogP contribution is 2.24. The number of rotatable bonds is 6. The van der Waals surface area contributed by atoms with Gasteiger partial charge in [0.25, 0.3) is 0 Å². The standard InChI is InChI=1S/C18H28N2O2.ClH/c1-14-7-3-4-10-17(14)22-12-6-11-20(2)18(21)15-8-5-9-16(19)13-15;/h3-4,7,10,15-16H,5-6,8-9,11-13,19H2,1-2H3;1H. The zero-order valence-corrected chi connectivity index (χ0v) is 15.0. The van der Waals surface area contributed by atoms with E-state index in [1.807, 2.05) is 43.1 Å². The molecule has 1 amide bonds. The van der Waals surface area contributed by atoms with Gasteiger partial charge in [-0.3, -0.25) is 4.79 Å². The van der Waals surface area contributed by atoms with Crippen LogP contribution in [0.25, 0.3) is 0 Å². The van der Waals surface area contributed by atoms with Crippen molar-refractivity contribution in [3.8, 4) is 5.75 Å². The second-order valence-corrected chi connectivity index (χ2v) is 6.35. The summed E-state index contributed by atoms with van der Waals surface area (Å²) in [5.41, 5.74) is 7.11. The van der Waals surface area contributed by atoms with E-state index in [2.05, 4.69) is 0 Å². The summed E-state index contributed by atoms with van der Waals surface area (Å²) < 4.78 is 5.77. The first kappa shape index (κ1) is 19.8. The second kappa shape index (κ2) is 9.78. The van der Waals surface area contributed by atoms with Crippen molar-refractivity contribution < 1.29 is 9.53 Å². The molecule has 0 spiro atoms. The topological polar surface area (TPSA) is 55.6 Å². The number of nitrogens with zero attached hydrogens (tertiary/aromatic N) is 1. The maximum atomic E-state index is 12.4. The summed E-state index contributed by atoms with van der Waals surface area (Å²) in [5.74, 6) is 1.28. The van der Waals surface area contributed by atoms with Gasteiger partial charge in [0.1, 0.15) is 5.75 Å². The molecular weight excluding hydrogens is 312 g/mol. The molecular formula is C18H29ClN2O2. The normalized spacial score (nSPS) is 20.5. The van der Waals surface area contributed by atoms with Gasteiger partial charge >= 0.3 is 0 Å². The quantitative estimate of drug-likeness (QED) is 0.809. The Morgan fingerprint density at radius 1 is 1.35 bits per heavy atom. The predicted octanol–water partition coefficient (Wildman–Crippen LogP) is 3.16. The Morgan fingerprint density at radius 3 is 2.78 bits per heavy atom. The molecule has 4 nitrogen and oxygen atoms in total. The molecule has 0 aliphatic heterocycles.